The van der Waals surface area contributed by atoms with Gasteiger partial charge in [0.1, 0.15) is 5.78 Å². The van der Waals surface area contributed by atoms with Gasteiger partial charge in [0.05, 0.1) is 6.42 Å². The van der Waals surface area contributed by atoms with Crippen LogP contribution in [0.2, 0.25) is 0 Å². The normalized spacial score (nSPS) is 25.3. The minimum Gasteiger partial charge on any atom is -0.355 e. The quantitative estimate of drug-likeness (QED) is 0.706. The molecule has 0 saturated heterocycles. The first-order chi connectivity index (χ1) is 6.89. The Kier molecular flexibility index (Phi) is 3.57. The molecule has 15 heavy (non-hydrogen) atoms. The number of carbonyl (C=O) groups excluding carboxylic acids is 2. The number of hydrogen-bond acceptors (Lipinski definition) is 5. The third-order valence-electron chi connectivity index (χ3n) is 2.22. The Labute approximate surface area is 93.7 Å². The van der Waals surface area contributed by atoms with Gasteiger partial charge < -0.3 is 5.32 Å². The van der Waals surface area contributed by atoms with Gasteiger partial charge >= 0.3 is 0 Å². The highest BCUT2D eigenvalue weighted by Crippen LogP contribution is 2.37. The first kappa shape index (κ1) is 12.3. The summed E-state index contributed by atoms with van der Waals surface area (Å²) in [6.07, 6.45) is 0.733. The van der Waals surface area contributed by atoms with Crippen LogP contribution in [0.5, 0.6) is 0 Å². The van der Waals surface area contributed by atoms with Gasteiger partial charge in [-0.1, -0.05) is 18.7 Å². The van der Waals surface area contributed by atoms with Crippen molar-refractivity contribution >= 4 is 23.3 Å². The lowest BCUT2D eigenvalue weighted by atomic mass is 10.2. The number of thioether (sulfide) groups is 1. The fourth-order valence-electron chi connectivity index (χ4n) is 1.47. The largest absolute Gasteiger partial charge is 0.355 e. The summed E-state index contributed by atoms with van der Waals surface area (Å²) in [6.45, 7) is 5.29. The number of nitrogens with two attached hydrogens (primary N) is 1. The molecule has 0 amide bonds. The summed E-state index contributed by atoms with van der Waals surface area (Å²) in [7, 11) is 0. The van der Waals surface area contributed by atoms with Crippen LogP contribution < -0.4 is 11.1 Å². The summed E-state index contributed by atoms with van der Waals surface area (Å²) < 4.78 is 0. The second-order valence-corrected chi connectivity index (χ2v) is 5.01. The molecule has 3 N–H and O–H groups in total. The SMILES string of the molecule is CCC1=C(C)NC(N)(C(=O)CC(C)=O)S1. The van der Waals surface area contributed by atoms with Crippen molar-refractivity contribution in [3.8, 4) is 0 Å². The van der Waals surface area contributed by atoms with E-state index in [4.69, 9.17) is 5.73 Å². The Morgan fingerprint density at radius 1 is 1.53 bits per heavy atom. The fraction of sp³-hybridized carbons (Fsp3) is 0.600. The Bertz CT molecular complexity index is 338. The maximum atomic E-state index is 11.7. The van der Waals surface area contributed by atoms with Gasteiger partial charge in [0.15, 0.2) is 10.8 Å². The molecular weight excluding hydrogens is 212 g/mol. The molecule has 0 spiro atoms. The Balaban J connectivity index is 2.73. The van der Waals surface area contributed by atoms with E-state index in [-0.39, 0.29) is 18.0 Å². The van der Waals surface area contributed by atoms with E-state index in [0.29, 0.717) is 0 Å². The van der Waals surface area contributed by atoms with Gasteiger partial charge in [0.25, 0.3) is 0 Å². The molecule has 1 aliphatic heterocycles. The van der Waals surface area contributed by atoms with Crippen molar-refractivity contribution in [2.24, 2.45) is 5.73 Å². The van der Waals surface area contributed by atoms with Crippen molar-refractivity contribution in [1.29, 1.82) is 0 Å². The fourth-order valence-corrected chi connectivity index (χ4v) is 2.59. The summed E-state index contributed by atoms with van der Waals surface area (Å²) in [4.78, 5) is 22.5. The van der Waals surface area contributed by atoms with E-state index >= 15 is 0 Å². The van der Waals surface area contributed by atoms with Crippen molar-refractivity contribution < 1.29 is 9.59 Å². The van der Waals surface area contributed by atoms with Crippen LogP contribution in [-0.4, -0.2) is 16.6 Å². The van der Waals surface area contributed by atoms with Gasteiger partial charge in [0, 0.05) is 10.6 Å². The molecule has 4 nitrogen and oxygen atoms in total. The van der Waals surface area contributed by atoms with E-state index in [1.165, 1.54) is 18.7 Å². The number of nitrogens with one attached hydrogen (secondary N) is 1. The van der Waals surface area contributed by atoms with Crippen molar-refractivity contribution in [2.75, 3.05) is 0 Å². The molecule has 1 unspecified atom stereocenters. The average molecular weight is 228 g/mol. The van der Waals surface area contributed by atoms with Crippen molar-refractivity contribution in [1.82, 2.24) is 5.32 Å². The van der Waals surface area contributed by atoms with E-state index in [9.17, 15) is 9.59 Å². The van der Waals surface area contributed by atoms with Gasteiger partial charge in [-0.15, -0.1) is 0 Å². The molecule has 1 rings (SSSR count). The van der Waals surface area contributed by atoms with Crippen LogP contribution in [0, 0.1) is 0 Å². The van der Waals surface area contributed by atoms with Crippen LogP contribution in [0.25, 0.3) is 0 Å². The van der Waals surface area contributed by atoms with Gasteiger partial charge in [0.2, 0.25) is 0 Å². The highest BCUT2D eigenvalue weighted by atomic mass is 32.2. The van der Waals surface area contributed by atoms with Crippen molar-refractivity contribution in [3.63, 3.8) is 0 Å². The summed E-state index contributed by atoms with van der Waals surface area (Å²) >= 11 is 1.32. The Morgan fingerprint density at radius 3 is 2.53 bits per heavy atom. The van der Waals surface area contributed by atoms with Crippen LogP contribution >= 0.6 is 11.8 Å². The minimum atomic E-state index is -1.14. The highest BCUT2D eigenvalue weighted by molar-refractivity contribution is 8.05. The summed E-state index contributed by atoms with van der Waals surface area (Å²) in [6, 6.07) is 0. The molecular formula is C10H16N2O2S. The molecule has 0 saturated carbocycles. The summed E-state index contributed by atoms with van der Waals surface area (Å²) in [5, 5.41) is 2.95. The zero-order valence-electron chi connectivity index (χ0n) is 9.22. The molecule has 0 aliphatic carbocycles. The van der Waals surface area contributed by atoms with Crippen LogP contribution in [0.1, 0.15) is 33.6 Å². The topological polar surface area (TPSA) is 72.2 Å². The maximum absolute atomic E-state index is 11.7. The molecule has 84 valence electrons. The Hall–Kier alpha value is -0.810. The third-order valence-corrected chi connectivity index (χ3v) is 3.71. The number of hydrogen-bond donors (Lipinski definition) is 2. The van der Waals surface area contributed by atoms with E-state index in [0.717, 1.165) is 17.0 Å². The smallest absolute Gasteiger partial charge is 0.199 e. The number of allylic oxidation sites excluding steroid dienone is 2. The van der Waals surface area contributed by atoms with Gasteiger partial charge in [-0.25, -0.2) is 0 Å². The first-order valence-electron chi connectivity index (χ1n) is 4.87. The zero-order valence-corrected chi connectivity index (χ0v) is 10.0. The van der Waals surface area contributed by atoms with Crippen LogP contribution in [0.3, 0.4) is 0 Å². The molecule has 0 aromatic carbocycles. The van der Waals surface area contributed by atoms with E-state index in [1.54, 1.807) is 0 Å². The maximum Gasteiger partial charge on any atom is 0.199 e. The lowest BCUT2D eigenvalue weighted by Crippen LogP contribution is -2.54. The van der Waals surface area contributed by atoms with E-state index in [1.807, 2.05) is 13.8 Å². The molecule has 0 aromatic rings. The molecule has 1 atom stereocenters. The van der Waals surface area contributed by atoms with E-state index < -0.39 is 4.99 Å². The first-order valence-corrected chi connectivity index (χ1v) is 5.69. The summed E-state index contributed by atoms with van der Waals surface area (Å²) in [5.41, 5.74) is 6.85. The van der Waals surface area contributed by atoms with Crippen molar-refractivity contribution in [3.05, 3.63) is 10.6 Å². The molecule has 1 heterocycles. The second-order valence-electron chi connectivity index (χ2n) is 3.67. The standard InChI is InChI=1S/C10H16N2O2S/c1-4-8-7(3)12-10(11,15-8)9(14)5-6(2)13/h12H,4-5,11H2,1-3H3. The Morgan fingerprint density at radius 2 is 2.13 bits per heavy atom. The number of rotatable bonds is 4. The third kappa shape index (κ3) is 2.60. The van der Waals surface area contributed by atoms with E-state index in [2.05, 4.69) is 5.32 Å². The molecule has 5 heteroatoms. The van der Waals surface area contributed by atoms with Crippen LogP contribution in [-0.2, 0) is 9.59 Å². The molecule has 0 radical (unpaired) electrons. The predicted octanol–water partition coefficient (Wildman–Crippen LogP) is 1.13. The monoisotopic (exact) mass is 228 g/mol. The minimum absolute atomic E-state index is 0.110. The molecule has 1 aliphatic rings. The lowest BCUT2D eigenvalue weighted by molar-refractivity contribution is -0.127. The lowest BCUT2D eigenvalue weighted by Gasteiger charge is -2.22. The molecule has 0 aromatic heterocycles. The highest BCUT2D eigenvalue weighted by Gasteiger charge is 2.40. The van der Waals surface area contributed by atoms with Crippen LogP contribution in [0.15, 0.2) is 10.6 Å². The van der Waals surface area contributed by atoms with Gasteiger partial charge in [-0.3, -0.25) is 15.3 Å². The van der Waals surface area contributed by atoms with Crippen LogP contribution in [0.4, 0.5) is 0 Å². The second kappa shape index (κ2) is 4.37. The molecule has 0 fully saturated rings. The molecule has 0 bridgehead atoms. The number of ketones is 2. The predicted molar refractivity (Wildman–Crippen MR) is 60.9 cm³/mol. The zero-order chi connectivity index (χ0) is 11.6. The average Bonchev–Trinajstić information content (AvgIpc) is 2.41. The number of carbonyl (C=O) groups is 2. The van der Waals surface area contributed by atoms with Gasteiger partial charge in [-0.2, -0.15) is 0 Å². The van der Waals surface area contributed by atoms with Crippen molar-refractivity contribution in [2.45, 2.75) is 38.6 Å². The summed E-state index contributed by atoms with van der Waals surface area (Å²) in [5.74, 6) is -0.419. The van der Waals surface area contributed by atoms with Gasteiger partial charge in [-0.05, 0) is 20.3 Å². The number of Topliss-reactive ketones (excluding diaryl/α,β-unsaturated/α-hetero) is 2.